The maximum atomic E-state index is 6.87. The molecule has 0 unspecified atom stereocenters. The van der Waals surface area contributed by atoms with E-state index in [4.69, 9.17) is 23.8 Å². The molecule has 0 bridgehead atoms. The highest BCUT2D eigenvalue weighted by molar-refractivity contribution is 6.19. The normalized spacial score (nSPS) is 11.9. The van der Waals surface area contributed by atoms with E-state index in [1.807, 2.05) is 78.9 Å². The van der Waals surface area contributed by atoms with Crippen molar-refractivity contribution >= 4 is 65.7 Å². The molecule has 0 saturated carbocycles. The summed E-state index contributed by atoms with van der Waals surface area (Å²) in [4.78, 5) is 14.9. The molecule has 0 fully saturated rings. The van der Waals surface area contributed by atoms with E-state index >= 15 is 0 Å². The van der Waals surface area contributed by atoms with Gasteiger partial charge in [0.15, 0.2) is 17.5 Å². The summed E-state index contributed by atoms with van der Waals surface area (Å²) in [6.45, 7) is 0. The summed E-state index contributed by atoms with van der Waals surface area (Å²) >= 11 is 0. The van der Waals surface area contributed by atoms with Crippen molar-refractivity contribution in [1.29, 1.82) is 0 Å². The van der Waals surface area contributed by atoms with Gasteiger partial charge in [-0.15, -0.1) is 0 Å². The second-order valence-corrected chi connectivity index (χ2v) is 14.3. The van der Waals surface area contributed by atoms with E-state index in [0.717, 1.165) is 88.4 Å². The average molecular weight is 731 g/mol. The topological polar surface area (TPSA) is 69.9 Å². The van der Waals surface area contributed by atoms with Crippen LogP contribution in [0.1, 0.15) is 0 Å². The molecule has 266 valence electrons. The highest BCUT2D eigenvalue weighted by atomic mass is 16.3. The van der Waals surface area contributed by atoms with Crippen molar-refractivity contribution in [2.75, 3.05) is 0 Å². The van der Waals surface area contributed by atoms with Gasteiger partial charge < -0.3 is 13.4 Å². The number of hydrogen-bond acceptors (Lipinski definition) is 5. The Morgan fingerprint density at radius 1 is 0.351 bits per heavy atom. The van der Waals surface area contributed by atoms with Crippen molar-refractivity contribution in [3.63, 3.8) is 0 Å². The van der Waals surface area contributed by atoms with Crippen LogP contribution in [0.5, 0.6) is 0 Å². The maximum Gasteiger partial charge on any atom is 0.164 e. The number of hydrogen-bond donors (Lipinski definition) is 0. The number of rotatable bonds is 5. The SMILES string of the molecule is c1ccc(-c2nc(-c3ccccc3)nc(-c3ccc4oc5cccc(-c6cccc7c6oc6cccc(-n8c9ccccc9c9ccccc98)c67)c5c4c3)n2)cc1. The number of nitrogens with zero attached hydrogens (tertiary/aromatic N) is 4. The number of aromatic nitrogens is 4. The van der Waals surface area contributed by atoms with Crippen LogP contribution >= 0.6 is 0 Å². The fourth-order valence-corrected chi connectivity index (χ4v) is 8.54. The van der Waals surface area contributed by atoms with Gasteiger partial charge in [-0.1, -0.05) is 133 Å². The van der Waals surface area contributed by atoms with Gasteiger partial charge in [0.2, 0.25) is 0 Å². The second kappa shape index (κ2) is 12.3. The van der Waals surface area contributed by atoms with Crippen LogP contribution in [0.2, 0.25) is 0 Å². The predicted octanol–water partition coefficient (Wildman–Crippen LogP) is 13.4. The van der Waals surface area contributed by atoms with Gasteiger partial charge in [-0.3, -0.25) is 0 Å². The van der Waals surface area contributed by atoms with Gasteiger partial charge in [0.25, 0.3) is 0 Å². The molecule has 12 aromatic rings. The van der Waals surface area contributed by atoms with Crippen molar-refractivity contribution in [2.45, 2.75) is 0 Å². The van der Waals surface area contributed by atoms with Gasteiger partial charge in [-0.05, 0) is 54.1 Å². The lowest BCUT2D eigenvalue weighted by Gasteiger charge is -2.10. The summed E-state index contributed by atoms with van der Waals surface area (Å²) in [6, 6.07) is 62.5. The molecule has 4 aromatic heterocycles. The number of furan rings is 2. The fourth-order valence-electron chi connectivity index (χ4n) is 8.54. The first-order valence-corrected chi connectivity index (χ1v) is 19.0. The van der Waals surface area contributed by atoms with Gasteiger partial charge in [-0.25, -0.2) is 15.0 Å². The summed E-state index contributed by atoms with van der Waals surface area (Å²) in [7, 11) is 0. The lowest BCUT2D eigenvalue weighted by atomic mass is 9.97. The third kappa shape index (κ3) is 4.87. The molecule has 0 N–H and O–H groups in total. The van der Waals surface area contributed by atoms with Crippen LogP contribution in [0.25, 0.3) is 117 Å². The minimum absolute atomic E-state index is 0.591. The average Bonchev–Trinajstić information content (AvgIpc) is 3.96. The van der Waals surface area contributed by atoms with Crippen LogP contribution in [0.4, 0.5) is 0 Å². The Morgan fingerprint density at radius 2 is 0.895 bits per heavy atom. The number of para-hydroxylation sites is 3. The molecule has 57 heavy (non-hydrogen) atoms. The zero-order chi connectivity index (χ0) is 37.5. The van der Waals surface area contributed by atoms with E-state index < -0.39 is 0 Å². The minimum atomic E-state index is 0.591. The number of fused-ring (bicyclic) bond motifs is 9. The third-order valence-corrected chi connectivity index (χ3v) is 11.1. The van der Waals surface area contributed by atoms with E-state index in [9.17, 15) is 0 Å². The summed E-state index contributed by atoms with van der Waals surface area (Å²) < 4.78 is 15.8. The Kier molecular flexibility index (Phi) is 6.83. The molecule has 0 aliphatic heterocycles. The molecule has 0 atom stereocenters. The van der Waals surface area contributed by atoms with Gasteiger partial charge in [0, 0.05) is 49.2 Å². The molecule has 0 spiro atoms. The molecule has 6 nitrogen and oxygen atoms in total. The van der Waals surface area contributed by atoms with E-state index in [2.05, 4.69) is 108 Å². The van der Waals surface area contributed by atoms with E-state index in [1.165, 1.54) is 10.8 Å². The third-order valence-electron chi connectivity index (χ3n) is 11.1. The van der Waals surface area contributed by atoms with E-state index in [0.29, 0.717) is 17.5 Å². The Bertz CT molecular complexity index is 3410. The summed E-state index contributed by atoms with van der Waals surface area (Å²) in [6.07, 6.45) is 0. The predicted molar refractivity (Wildman–Crippen MR) is 230 cm³/mol. The Balaban J connectivity index is 1.07. The molecule has 6 heteroatoms. The van der Waals surface area contributed by atoms with Crippen LogP contribution in [0, 0.1) is 0 Å². The van der Waals surface area contributed by atoms with Gasteiger partial charge in [0.05, 0.1) is 22.1 Å². The molecule has 12 rings (SSSR count). The lowest BCUT2D eigenvalue weighted by molar-refractivity contribution is 0.668. The van der Waals surface area contributed by atoms with Gasteiger partial charge in [0.1, 0.15) is 22.3 Å². The Labute approximate surface area is 325 Å². The van der Waals surface area contributed by atoms with E-state index in [1.54, 1.807) is 0 Å². The van der Waals surface area contributed by atoms with Crippen LogP contribution < -0.4 is 0 Å². The number of benzene rings is 8. The zero-order valence-electron chi connectivity index (χ0n) is 30.4. The molecule has 0 radical (unpaired) electrons. The molecular formula is C51H30N4O2. The standard InChI is InChI=1S/C51H30N4O2/c1-3-14-31(15-4-1)49-52-50(32-16-5-2-6-17-32)54-51(53-49)33-28-29-43-39(30-33)46-36(20-12-26-44(46)56-43)37-21-11-22-38-47-42(25-13-27-45(47)57-48(37)38)55-40-23-9-7-18-34(40)35-19-8-10-24-41(35)55/h1-30H. The van der Waals surface area contributed by atoms with Crippen LogP contribution in [-0.4, -0.2) is 19.5 Å². The largest absolute Gasteiger partial charge is 0.456 e. The van der Waals surface area contributed by atoms with Crippen molar-refractivity contribution in [1.82, 2.24) is 19.5 Å². The Morgan fingerprint density at radius 3 is 1.58 bits per heavy atom. The highest BCUT2D eigenvalue weighted by Gasteiger charge is 2.22. The van der Waals surface area contributed by atoms with Crippen molar-refractivity contribution in [3.05, 3.63) is 182 Å². The van der Waals surface area contributed by atoms with E-state index in [-0.39, 0.29) is 0 Å². The summed E-state index contributed by atoms with van der Waals surface area (Å²) in [5.74, 6) is 1.83. The van der Waals surface area contributed by atoms with Gasteiger partial charge >= 0.3 is 0 Å². The summed E-state index contributed by atoms with van der Waals surface area (Å²) in [5, 5.41) is 6.55. The second-order valence-electron chi connectivity index (χ2n) is 14.3. The molecule has 8 aromatic carbocycles. The van der Waals surface area contributed by atoms with Crippen LogP contribution in [-0.2, 0) is 0 Å². The maximum absolute atomic E-state index is 6.87. The van der Waals surface area contributed by atoms with Crippen molar-refractivity contribution < 1.29 is 8.83 Å². The molecule has 4 heterocycles. The van der Waals surface area contributed by atoms with Crippen molar-refractivity contribution in [3.8, 4) is 51.0 Å². The molecule has 0 saturated heterocycles. The zero-order valence-corrected chi connectivity index (χ0v) is 30.4. The molecule has 0 aliphatic carbocycles. The first kappa shape index (κ1) is 31.5. The fraction of sp³-hybridized carbons (Fsp3) is 0. The lowest BCUT2D eigenvalue weighted by Crippen LogP contribution is -2.00. The monoisotopic (exact) mass is 730 g/mol. The first-order chi connectivity index (χ1) is 28.3. The Hall–Kier alpha value is -7.83. The molecule has 0 aliphatic rings. The van der Waals surface area contributed by atoms with Gasteiger partial charge in [-0.2, -0.15) is 0 Å². The first-order valence-electron chi connectivity index (χ1n) is 19.0. The van der Waals surface area contributed by atoms with Crippen LogP contribution in [0.15, 0.2) is 191 Å². The smallest absolute Gasteiger partial charge is 0.164 e. The molecular weight excluding hydrogens is 701 g/mol. The highest BCUT2D eigenvalue weighted by Crippen LogP contribution is 2.44. The molecule has 0 amide bonds. The minimum Gasteiger partial charge on any atom is -0.456 e. The van der Waals surface area contributed by atoms with Crippen LogP contribution in [0.3, 0.4) is 0 Å². The van der Waals surface area contributed by atoms with Crippen molar-refractivity contribution in [2.24, 2.45) is 0 Å². The quantitative estimate of drug-likeness (QED) is 0.176. The summed E-state index contributed by atoms with van der Waals surface area (Å²) in [5.41, 5.74) is 11.4.